The molecule has 0 N–H and O–H groups in total. The summed E-state index contributed by atoms with van der Waals surface area (Å²) >= 11 is 0. The first-order valence-electron chi connectivity index (χ1n) is 5.71. The number of hydrogen-bond donors (Lipinski definition) is 0. The number of esters is 1. The molecule has 1 heterocycles. The maximum Gasteiger partial charge on any atom is 0.302 e. The minimum absolute atomic E-state index is 0.0456. The number of hydrogen-bond acceptors (Lipinski definition) is 5. The van der Waals surface area contributed by atoms with Crippen molar-refractivity contribution in [2.24, 2.45) is 0 Å². The maximum absolute atomic E-state index is 11.9. The lowest BCUT2D eigenvalue weighted by Crippen LogP contribution is -2.47. The number of carbonyl (C=O) groups is 1. The highest BCUT2D eigenvalue weighted by molar-refractivity contribution is 7.89. The van der Waals surface area contributed by atoms with Gasteiger partial charge in [0.15, 0.2) is 0 Å². The van der Waals surface area contributed by atoms with Crippen molar-refractivity contribution in [3.8, 4) is 0 Å². The van der Waals surface area contributed by atoms with Crippen LogP contribution in [0, 0.1) is 0 Å². The van der Waals surface area contributed by atoms with E-state index in [4.69, 9.17) is 4.74 Å². The van der Waals surface area contributed by atoms with Gasteiger partial charge in [0.1, 0.15) is 0 Å². The predicted octanol–water partition coefficient (Wildman–Crippen LogP) is -0.483. The molecule has 17 heavy (non-hydrogen) atoms. The number of sulfonamides is 1. The Morgan fingerprint density at radius 2 is 1.82 bits per heavy atom. The molecular formula is C10H20N2O4S. The van der Waals surface area contributed by atoms with E-state index in [1.54, 1.807) is 0 Å². The molecule has 1 aliphatic heterocycles. The van der Waals surface area contributed by atoms with Gasteiger partial charge in [-0.3, -0.25) is 4.79 Å². The van der Waals surface area contributed by atoms with Crippen molar-refractivity contribution in [3.63, 3.8) is 0 Å². The highest BCUT2D eigenvalue weighted by atomic mass is 32.2. The summed E-state index contributed by atoms with van der Waals surface area (Å²) < 4.78 is 30.0. The molecule has 6 nitrogen and oxygen atoms in total. The second-order valence-electron chi connectivity index (χ2n) is 4.21. The zero-order valence-corrected chi connectivity index (χ0v) is 11.2. The Balaban J connectivity index is 2.33. The van der Waals surface area contributed by atoms with Crippen LogP contribution in [-0.4, -0.2) is 69.2 Å². The van der Waals surface area contributed by atoms with E-state index in [-0.39, 0.29) is 18.3 Å². The lowest BCUT2D eigenvalue weighted by molar-refractivity contribution is -0.140. The Morgan fingerprint density at radius 3 is 2.35 bits per heavy atom. The SMILES string of the molecule is CC(=O)OCCCS(=O)(=O)N1CCN(C)CC1. The molecule has 0 unspecified atom stereocenters. The predicted molar refractivity (Wildman–Crippen MR) is 64.1 cm³/mol. The van der Waals surface area contributed by atoms with Gasteiger partial charge >= 0.3 is 5.97 Å². The van der Waals surface area contributed by atoms with Gasteiger partial charge in [-0.1, -0.05) is 0 Å². The summed E-state index contributed by atoms with van der Waals surface area (Å²) in [7, 11) is -1.21. The van der Waals surface area contributed by atoms with Gasteiger partial charge in [-0.25, -0.2) is 8.42 Å². The summed E-state index contributed by atoms with van der Waals surface area (Å²) in [5, 5.41) is 0. The fourth-order valence-electron chi connectivity index (χ4n) is 1.65. The van der Waals surface area contributed by atoms with Crippen LogP contribution in [0.1, 0.15) is 13.3 Å². The summed E-state index contributed by atoms with van der Waals surface area (Å²) in [4.78, 5) is 12.6. The second-order valence-corrected chi connectivity index (χ2v) is 6.30. The van der Waals surface area contributed by atoms with Crippen molar-refractivity contribution >= 4 is 16.0 Å². The number of rotatable bonds is 5. The Bertz CT molecular complexity index is 347. The van der Waals surface area contributed by atoms with Gasteiger partial charge in [-0.2, -0.15) is 4.31 Å². The normalized spacial score (nSPS) is 19.2. The molecule has 100 valence electrons. The largest absolute Gasteiger partial charge is 0.466 e. The standard InChI is InChI=1S/C10H20N2O4S/c1-10(13)16-8-3-9-17(14,15)12-6-4-11(2)5-7-12/h3-9H2,1-2H3. The molecule has 1 rings (SSSR count). The molecule has 1 fully saturated rings. The lowest BCUT2D eigenvalue weighted by Gasteiger charge is -2.31. The van der Waals surface area contributed by atoms with Crippen molar-refractivity contribution in [3.05, 3.63) is 0 Å². The van der Waals surface area contributed by atoms with Crippen LogP contribution in [0.15, 0.2) is 0 Å². The molecule has 1 aliphatic rings. The third-order valence-corrected chi connectivity index (χ3v) is 4.66. The zero-order chi connectivity index (χ0) is 12.9. The Morgan fingerprint density at radius 1 is 1.24 bits per heavy atom. The third kappa shape index (κ3) is 5.01. The molecule has 0 aromatic heterocycles. The summed E-state index contributed by atoms with van der Waals surface area (Å²) in [6, 6.07) is 0. The number of ether oxygens (including phenoxy) is 1. The zero-order valence-electron chi connectivity index (χ0n) is 10.4. The van der Waals surface area contributed by atoms with E-state index >= 15 is 0 Å². The van der Waals surface area contributed by atoms with E-state index in [9.17, 15) is 13.2 Å². The first kappa shape index (κ1) is 14.4. The highest BCUT2D eigenvalue weighted by Crippen LogP contribution is 2.07. The molecule has 0 aromatic rings. The van der Waals surface area contributed by atoms with Crippen LogP contribution in [0.3, 0.4) is 0 Å². The number of nitrogens with zero attached hydrogens (tertiary/aromatic N) is 2. The van der Waals surface area contributed by atoms with Crippen LogP contribution in [0.25, 0.3) is 0 Å². The second kappa shape index (κ2) is 6.32. The van der Waals surface area contributed by atoms with Crippen LogP contribution in [0.2, 0.25) is 0 Å². The number of carbonyl (C=O) groups excluding carboxylic acids is 1. The fraction of sp³-hybridized carbons (Fsp3) is 0.900. The van der Waals surface area contributed by atoms with Crippen LogP contribution >= 0.6 is 0 Å². The molecule has 0 bridgehead atoms. The van der Waals surface area contributed by atoms with Crippen LogP contribution in [0.4, 0.5) is 0 Å². The van der Waals surface area contributed by atoms with Gasteiger partial charge < -0.3 is 9.64 Å². The van der Waals surface area contributed by atoms with E-state index in [1.807, 2.05) is 7.05 Å². The lowest BCUT2D eigenvalue weighted by atomic mass is 10.4. The molecule has 7 heteroatoms. The van der Waals surface area contributed by atoms with E-state index in [2.05, 4.69) is 4.90 Å². The van der Waals surface area contributed by atoms with Crippen molar-refractivity contribution < 1.29 is 17.9 Å². The Hall–Kier alpha value is -0.660. The molecule has 0 radical (unpaired) electrons. The maximum atomic E-state index is 11.9. The minimum atomic E-state index is -3.19. The van der Waals surface area contributed by atoms with E-state index in [1.165, 1.54) is 11.2 Å². The molecule has 0 atom stereocenters. The van der Waals surface area contributed by atoms with Gasteiger partial charge in [-0.15, -0.1) is 0 Å². The monoisotopic (exact) mass is 264 g/mol. The Kier molecular flexibility index (Phi) is 5.35. The molecule has 0 amide bonds. The molecule has 1 saturated heterocycles. The first-order chi connectivity index (χ1) is 7.92. The minimum Gasteiger partial charge on any atom is -0.466 e. The van der Waals surface area contributed by atoms with Gasteiger partial charge in [0.05, 0.1) is 12.4 Å². The van der Waals surface area contributed by atoms with Crippen LogP contribution in [0.5, 0.6) is 0 Å². The van der Waals surface area contributed by atoms with Crippen LogP contribution < -0.4 is 0 Å². The van der Waals surface area contributed by atoms with Crippen molar-refractivity contribution in [1.82, 2.24) is 9.21 Å². The van der Waals surface area contributed by atoms with E-state index < -0.39 is 10.0 Å². The Labute approximate surface area is 103 Å². The summed E-state index contributed by atoms with van der Waals surface area (Å²) in [6.07, 6.45) is 0.355. The van der Waals surface area contributed by atoms with Crippen LogP contribution in [-0.2, 0) is 19.6 Å². The first-order valence-corrected chi connectivity index (χ1v) is 7.32. The summed E-state index contributed by atoms with van der Waals surface area (Å²) in [5.74, 6) is -0.328. The molecule has 0 spiro atoms. The molecule has 0 saturated carbocycles. The van der Waals surface area contributed by atoms with Gasteiger partial charge in [0.2, 0.25) is 10.0 Å². The topological polar surface area (TPSA) is 66.9 Å². The summed E-state index contributed by atoms with van der Waals surface area (Å²) in [5.41, 5.74) is 0. The van der Waals surface area contributed by atoms with Crippen molar-refractivity contribution in [2.75, 3.05) is 45.6 Å². The van der Waals surface area contributed by atoms with Gasteiger partial charge in [0.25, 0.3) is 0 Å². The smallest absolute Gasteiger partial charge is 0.302 e. The summed E-state index contributed by atoms with van der Waals surface area (Å²) in [6.45, 7) is 4.11. The average Bonchev–Trinajstić information content (AvgIpc) is 2.25. The molecular weight excluding hydrogens is 244 g/mol. The molecule has 0 aliphatic carbocycles. The quantitative estimate of drug-likeness (QED) is 0.495. The van der Waals surface area contributed by atoms with E-state index in [0.717, 1.165) is 13.1 Å². The number of likely N-dealkylation sites (N-methyl/N-ethyl adjacent to an activating group) is 1. The third-order valence-electron chi connectivity index (χ3n) is 2.71. The number of piperazine rings is 1. The van der Waals surface area contributed by atoms with E-state index in [0.29, 0.717) is 19.5 Å². The highest BCUT2D eigenvalue weighted by Gasteiger charge is 2.24. The van der Waals surface area contributed by atoms with Gasteiger partial charge in [-0.05, 0) is 13.5 Å². The van der Waals surface area contributed by atoms with Crippen molar-refractivity contribution in [2.45, 2.75) is 13.3 Å². The molecule has 0 aromatic carbocycles. The fourth-order valence-corrected chi connectivity index (χ4v) is 3.11. The van der Waals surface area contributed by atoms with Crippen molar-refractivity contribution in [1.29, 1.82) is 0 Å². The average molecular weight is 264 g/mol. The van der Waals surface area contributed by atoms with Gasteiger partial charge in [0, 0.05) is 33.1 Å².